The molecule has 2 aromatic rings. The third kappa shape index (κ3) is 5.11. The van der Waals surface area contributed by atoms with Crippen LogP contribution in [-0.4, -0.2) is 57.3 Å². The highest BCUT2D eigenvalue weighted by molar-refractivity contribution is 7.89. The second kappa shape index (κ2) is 9.34. The van der Waals surface area contributed by atoms with Crippen molar-refractivity contribution in [3.8, 4) is 5.75 Å². The number of fused-ring (bicyclic) bond motifs is 1. The van der Waals surface area contributed by atoms with Gasteiger partial charge < -0.3 is 14.4 Å². The highest BCUT2D eigenvalue weighted by Crippen LogP contribution is 2.36. The quantitative estimate of drug-likeness (QED) is 0.568. The van der Waals surface area contributed by atoms with Crippen LogP contribution in [0, 0.1) is 5.92 Å². The highest BCUT2D eigenvalue weighted by atomic mass is 32.2. The second-order valence-electron chi connectivity index (χ2n) is 9.00. The molecule has 1 aliphatic carbocycles. The number of anilines is 1. The summed E-state index contributed by atoms with van der Waals surface area (Å²) < 4.78 is 75.2. The van der Waals surface area contributed by atoms with Crippen molar-refractivity contribution in [1.82, 2.24) is 4.31 Å². The molecule has 2 aliphatic rings. The zero-order valence-corrected chi connectivity index (χ0v) is 20.4. The summed E-state index contributed by atoms with van der Waals surface area (Å²) in [7, 11) is -2.54. The van der Waals surface area contributed by atoms with Crippen molar-refractivity contribution >= 4 is 21.7 Å². The molecule has 0 radical (unpaired) electrons. The molecule has 0 bridgehead atoms. The lowest BCUT2D eigenvalue weighted by atomic mass is 10.1. The lowest BCUT2D eigenvalue weighted by Crippen LogP contribution is -2.58. The fourth-order valence-corrected chi connectivity index (χ4v) is 7.24. The van der Waals surface area contributed by atoms with Gasteiger partial charge in [-0.05, 0) is 68.1 Å². The van der Waals surface area contributed by atoms with E-state index in [2.05, 4.69) is 4.74 Å². The van der Waals surface area contributed by atoms with Crippen LogP contribution in [0.5, 0.6) is 5.75 Å². The van der Waals surface area contributed by atoms with Crippen LogP contribution in [0.2, 0.25) is 0 Å². The summed E-state index contributed by atoms with van der Waals surface area (Å²) in [6.07, 6.45) is -4.01. The van der Waals surface area contributed by atoms with E-state index >= 15 is 0 Å². The van der Waals surface area contributed by atoms with Gasteiger partial charge in [-0.3, -0.25) is 4.79 Å². The molecule has 0 amide bonds. The zero-order chi connectivity index (χ0) is 25.5. The largest absolute Gasteiger partial charge is 0.573 e. The van der Waals surface area contributed by atoms with E-state index < -0.39 is 34.4 Å². The molecule has 1 fully saturated rings. The third-order valence-corrected chi connectivity index (χ3v) is 8.72. The summed E-state index contributed by atoms with van der Waals surface area (Å²) >= 11 is 0. The van der Waals surface area contributed by atoms with E-state index in [1.165, 1.54) is 35.7 Å². The molecular formula is C24H27F3N2O5S. The lowest BCUT2D eigenvalue weighted by Gasteiger charge is -2.44. The summed E-state index contributed by atoms with van der Waals surface area (Å²) in [5.74, 6) is -1.07. The second-order valence-corrected chi connectivity index (χ2v) is 10.8. The maximum Gasteiger partial charge on any atom is 0.573 e. The number of carbonyl (C=O) groups excluding carboxylic acids is 1. The van der Waals surface area contributed by atoms with Crippen molar-refractivity contribution in [3.63, 3.8) is 0 Å². The highest BCUT2D eigenvalue weighted by Gasteiger charge is 2.41. The number of alkyl halides is 3. The number of halogens is 3. The number of benzene rings is 2. The molecule has 3 atom stereocenters. The smallest absolute Gasteiger partial charge is 0.469 e. The molecule has 0 aromatic heterocycles. The number of carbonyl (C=O) groups is 1. The van der Waals surface area contributed by atoms with Gasteiger partial charge in [0.1, 0.15) is 5.75 Å². The van der Waals surface area contributed by atoms with Crippen LogP contribution in [0.15, 0.2) is 47.4 Å². The number of esters is 1. The van der Waals surface area contributed by atoms with Crippen molar-refractivity contribution in [2.75, 3.05) is 25.1 Å². The van der Waals surface area contributed by atoms with Gasteiger partial charge in [-0.1, -0.05) is 12.1 Å². The molecule has 4 rings (SSSR count). The number of rotatable bonds is 5. The maximum atomic E-state index is 13.8. The lowest BCUT2D eigenvalue weighted by molar-refractivity contribution is -0.274. The molecule has 7 nitrogen and oxygen atoms in total. The van der Waals surface area contributed by atoms with Crippen LogP contribution in [0.25, 0.3) is 0 Å². The van der Waals surface area contributed by atoms with E-state index in [1.54, 1.807) is 12.1 Å². The number of ether oxygens (including phenoxy) is 2. The van der Waals surface area contributed by atoms with Gasteiger partial charge in [0.25, 0.3) is 0 Å². The number of sulfonamides is 1. The summed E-state index contributed by atoms with van der Waals surface area (Å²) in [6, 6.07) is 9.86. The predicted octanol–water partition coefficient (Wildman–Crippen LogP) is 3.76. The molecule has 0 saturated carbocycles. The van der Waals surface area contributed by atoms with Gasteiger partial charge in [0, 0.05) is 30.9 Å². The van der Waals surface area contributed by atoms with Crippen molar-refractivity contribution in [2.24, 2.45) is 5.92 Å². The van der Waals surface area contributed by atoms with Gasteiger partial charge in [-0.25, -0.2) is 8.42 Å². The van der Waals surface area contributed by atoms with Crippen LogP contribution < -0.4 is 9.64 Å². The monoisotopic (exact) mass is 512 g/mol. The number of nitrogens with zero attached hydrogens (tertiary/aromatic N) is 2. The molecule has 11 heteroatoms. The van der Waals surface area contributed by atoms with Crippen LogP contribution in [0.1, 0.15) is 25.0 Å². The molecule has 1 saturated heterocycles. The van der Waals surface area contributed by atoms with E-state index in [0.717, 1.165) is 5.56 Å². The minimum absolute atomic E-state index is 0.210. The molecule has 1 unspecified atom stereocenters. The van der Waals surface area contributed by atoms with E-state index in [-0.39, 0.29) is 16.6 Å². The molecule has 190 valence electrons. The van der Waals surface area contributed by atoms with Gasteiger partial charge in [0.15, 0.2) is 0 Å². The predicted molar refractivity (Wildman–Crippen MR) is 123 cm³/mol. The number of hydrogen-bond donors (Lipinski definition) is 0. The summed E-state index contributed by atoms with van der Waals surface area (Å²) in [5, 5.41) is 0. The van der Waals surface area contributed by atoms with Gasteiger partial charge in [-0.2, -0.15) is 4.31 Å². The molecule has 1 aliphatic heterocycles. The fourth-order valence-electron chi connectivity index (χ4n) is 5.16. The first-order valence-corrected chi connectivity index (χ1v) is 12.7. The average molecular weight is 513 g/mol. The molecule has 0 N–H and O–H groups in total. The Labute approximate surface area is 202 Å². The van der Waals surface area contributed by atoms with E-state index in [0.29, 0.717) is 37.2 Å². The van der Waals surface area contributed by atoms with Crippen LogP contribution in [0.3, 0.4) is 0 Å². The third-order valence-electron chi connectivity index (χ3n) is 6.51. The van der Waals surface area contributed by atoms with Crippen molar-refractivity contribution in [2.45, 2.75) is 50.0 Å². The van der Waals surface area contributed by atoms with Crippen LogP contribution >= 0.6 is 0 Å². The summed E-state index contributed by atoms with van der Waals surface area (Å²) in [4.78, 5) is 14.2. The Morgan fingerprint density at radius 1 is 1.00 bits per heavy atom. The number of hydrogen-bond acceptors (Lipinski definition) is 6. The Kier molecular flexibility index (Phi) is 6.76. The molecule has 1 heterocycles. The van der Waals surface area contributed by atoms with Gasteiger partial charge >= 0.3 is 12.3 Å². The maximum absolute atomic E-state index is 13.8. The average Bonchev–Trinajstić information content (AvgIpc) is 3.21. The first kappa shape index (κ1) is 25.3. The zero-order valence-electron chi connectivity index (χ0n) is 19.6. The Hall–Kier alpha value is -2.79. The summed E-state index contributed by atoms with van der Waals surface area (Å²) in [5.41, 5.74) is 2.17. The van der Waals surface area contributed by atoms with Crippen LogP contribution in [0.4, 0.5) is 18.9 Å². The number of methoxy groups -OCH3 is 1. The van der Waals surface area contributed by atoms with Gasteiger partial charge in [-0.15, -0.1) is 13.2 Å². The Morgan fingerprint density at radius 2 is 1.63 bits per heavy atom. The Morgan fingerprint density at radius 3 is 2.20 bits per heavy atom. The molecular weight excluding hydrogens is 485 g/mol. The standard InChI is InChI=1S/C24H27F3N2O5S/c1-15-13-28(19-7-9-20(10-8-19)34-24(25,26)27)14-16(2)29(15)35(31,32)22-6-4-5-17-11-18(12-21(17)22)23(30)33-3/h4-10,15-16,18H,11-14H2,1-3H3/t15-,16+,18?. The molecule has 35 heavy (non-hydrogen) atoms. The van der Waals surface area contributed by atoms with Gasteiger partial charge in [0.2, 0.25) is 10.0 Å². The Balaban J connectivity index is 1.54. The van der Waals surface area contributed by atoms with E-state index in [1.807, 2.05) is 24.8 Å². The van der Waals surface area contributed by atoms with Crippen LogP contribution in [-0.2, 0) is 32.4 Å². The topological polar surface area (TPSA) is 76.2 Å². The van der Waals surface area contributed by atoms with Gasteiger partial charge in [0.05, 0.1) is 17.9 Å². The van der Waals surface area contributed by atoms with Crippen molar-refractivity contribution in [3.05, 3.63) is 53.6 Å². The van der Waals surface area contributed by atoms with Crippen molar-refractivity contribution in [1.29, 1.82) is 0 Å². The van der Waals surface area contributed by atoms with E-state index in [4.69, 9.17) is 4.74 Å². The molecule has 2 aromatic carbocycles. The number of piperazine rings is 1. The molecule has 0 spiro atoms. The fraction of sp³-hybridized carbons (Fsp3) is 0.458. The minimum atomic E-state index is -4.76. The first-order valence-electron chi connectivity index (χ1n) is 11.2. The Bertz CT molecular complexity index is 1190. The summed E-state index contributed by atoms with van der Waals surface area (Å²) in [6.45, 7) is 4.34. The SMILES string of the molecule is COC(=O)C1Cc2cccc(S(=O)(=O)N3[C@H](C)CN(c4ccc(OC(F)(F)F)cc4)C[C@@H]3C)c2C1. The van der Waals surface area contributed by atoms with E-state index in [9.17, 15) is 26.4 Å². The minimum Gasteiger partial charge on any atom is -0.469 e. The van der Waals surface area contributed by atoms with Crippen molar-refractivity contribution < 1.29 is 35.9 Å². The normalized spacial score (nSPS) is 23.1. The first-order chi connectivity index (χ1) is 16.4.